The number of unbranched alkanes of at least 4 members (excludes halogenated alkanes) is 2. The second-order valence-electron chi connectivity index (χ2n) is 4.63. The molecular formula is C14H30N6O4. The largest absolute Gasteiger partial charge is 0.381 e. The van der Waals surface area contributed by atoms with Gasteiger partial charge in [0, 0.05) is 13.2 Å². The Balaban J connectivity index is 0.000000506. The molecule has 0 aliphatic carbocycles. The van der Waals surface area contributed by atoms with Gasteiger partial charge in [-0.1, -0.05) is 26.7 Å². The lowest BCUT2D eigenvalue weighted by Gasteiger charge is -2.07. The van der Waals surface area contributed by atoms with Crippen molar-refractivity contribution in [1.29, 1.82) is 0 Å². The standard InChI is InChI=1S/C8H18O.C6H12N6O3/c1-3-5-7-9-8-6-4-2;13-1-7-4-10-5(8-2-14)12-6(11-4)9-3-15/h3-8H2,1-2H3;13-15H,1-3H2,(H3,7,8,9,10,11,12). The zero-order chi connectivity index (χ0) is 18.0. The molecule has 10 nitrogen and oxygen atoms in total. The Labute approximate surface area is 142 Å². The van der Waals surface area contributed by atoms with Crippen molar-refractivity contribution in [2.75, 3.05) is 49.4 Å². The summed E-state index contributed by atoms with van der Waals surface area (Å²) in [6.45, 7) is 5.28. The maximum Gasteiger partial charge on any atom is 0.231 e. The van der Waals surface area contributed by atoms with Crippen LogP contribution in [-0.2, 0) is 4.74 Å². The van der Waals surface area contributed by atoms with E-state index in [2.05, 4.69) is 44.7 Å². The SMILES string of the molecule is CCCCOCCCC.OCNc1nc(NCO)nc(NCO)n1. The second-order valence-corrected chi connectivity index (χ2v) is 4.63. The van der Waals surface area contributed by atoms with Crippen LogP contribution in [0.5, 0.6) is 0 Å². The molecule has 0 aliphatic heterocycles. The summed E-state index contributed by atoms with van der Waals surface area (Å²) in [5.74, 6) is 0.373. The first-order valence-electron chi connectivity index (χ1n) is 8.09. The third-order valence-electron chi connectivity index (χ3n) is 2.63. The third kappa shape index (κ3) is 11.8. The molecule has 0 spiro atoms. The third-order valence-corrected chi connectivity index (χ3v) is 2.63. The van der Waals surface area contributed by atoms with Crippen LogP contribution in [-0.4, -0.2) is 63.7 Å². The fraction of sp³-hybridized carbons (Fsp3) is 0.786. The van der Waals surface area contributed by atoms with Gasteiger partial charge in [0.25, 0.3) is 0 Å². The normalized spacial score (nSPS) is 9.88. The molecule has 1 rings (SSSR count). The first-order chi connectivity index (χ1) is 11.7. The topological polar surface area (TPSA) is 145 Å². The Hall–Kier alpha value is -1.75. The average Bonchev–Trinajstić information content (AvgIpc) is 2.56. The van der Waals surface area contributed by atoms with E-state index in [9.17, 15) is 0 Å². The minimum atomic E-state index is -0.332. The molecular weight excluding hydrogens is 316 g/mol. The van der Waals surface area contributed by atoms with Gasteiger partial charge in [-0.3, -0.25) is 0 Å². The van der Waals surface area contributed by atoms with Crippen LogP contribution in [0.25, 0.3) is 0 Å². The van der Waals surface area contributed by atoms with E-state index in [1.54, 1.807) is 0 Å². The molecule has 0 radical (unpaired) electrons. The van der Waals surface area contributed by atoms with Crippen molar-refractivity contribution in [3.8, 4) is 0 Å². The molecule has 0 saturated carbocycles. The number of rotatable bonds is 12. The Morgan fingerprint density at radius 2 is 1.04 bits per heavy atom. The molecule has 0 atom stereocenters. The molecule has 0 fully saturated rings. The zero-order valence-electron chi connectivity index (χ0n) is 14.5. The molecule has 0 aliphatic rings. The maximum atomic E-state index is 8.61. The van der Waals surface area contributed by atoms with Gasteiger partial charge in [-0.15, -0.1) is 0 Å². The van der Waals surface area contributed by atoms with E-state index in [1.165, 1.54) is 25.7 Å². The van der Waals surface area contributed by atoms with Crippen LogP contribution in [0.4, 0.5) is 17.8 Å². The van der Waals surface area contributed by atoms with Crippen LogP contribution in [0.3, 0.4) is 0 Å². The van der Waals surface area contributed by atoms with Gasteiger partial charge in [-0.05, 0) is 12.8 Å². The fourth-order valence-electron chi connectivity index (χ4n) is 1.42. The Kier molecular flexibility index (Phi) is 14.9. The van der Waals surface area contributed by atoms with Gasteiger partial charge in [0.15, 0.2) is 0 Å². The molecule has 140 valence electrons. The highest BCUT2D eigenvalue weighted by atomic mass is 16.5. The summed E-state index contributed by atoms with van der Waals surface area (Å²) in [4.78, 5) is 11.4. The van der Waals surface area contributed by atoms with E-state index in [4.69, 9.17) is 20.1 Å². The molecule has 6 N–H and O–H groups in total. The van der Waals surface area contributed by atoms with E-state index < -0.39 is 0 Å². The molecule has 0 aromatic carbocycles. The Bertz CT molecular complexity index is 345. The van der Waals surface area contributed by atoms with Crippen LogP contribution in [0.15, 0.2) is 0 Å². The molecule has 0 bridgehead atoms. The van der Waals surface area contributed by atoms with Gasteiger partial charge in [0.2, 0.25) is 17.8 Å². The van der Waals surface area contributed by atoms with Crippen molar-refractivity contribution >= 4 is 17.8 Å². The number of ether oxygens (including phenoxy) is 1. The monoisotopic (exact) mass is 346 g/mol. The summed E-state index contributed by atoms with van der Waals surface area (Å²) < 4.78 is 5.31. The Morgan fingerprint density at radius 1 is 0.708 bits per heavy atom. The minimum absolute atomic E-state index is 0.124. The summed E-state index contributed by atoms with van der Waals surface area (Å²) in [5, 5.41) is 33.2. The van der Waals surface area contributed by atoms with E-state index in [0.717, 1.165) is 13.2 Å². The van der Waals surface area contributed by atoms with Gasteiger partial charge in [0.05, 0.1) is 0 Å². The van der Waals surface area contributed by atoms with Crippen molar-refractivity contribution in [2.24, 2.45) is 0 Å². The summed E-state index contributed by atoms with van der Waals surface area (Å²) in [7, 11) is 0. The fourth-order valence-corrected chi connectivity index (χ4v) is 1.42. The highest BCUT2D eigenvalue weighted by Gasteiger charge is 2.04. The number of nitrogens with zero attached hydrogens (tertiary/aromatic N) is 3. The molecule has 10 heteroatoms. The number of aromatic nitrogens is 3. The van der Waals surface area contributed by atoms with Crippen molar-refractivity contribution in [1.82, 2.24) is 15.0 Å². The van der Waals surface area contributed by atoms with Crippen LogP contribution in [0.1, 0.15) is 39.5 Å². The van der Waals surface area contributed by atoms with E-state index >= 15 is 0 Å². The number of hydrogen-bond donors (Lipinski definition) is 6. The molecule has 1 aromatic heterocycles. The van der Waals surface area contributed by atoms with Gasteiger partial charge in [-0.2, -0.15) is 15.0 Å². The smallest absolute Gasteiger partial charge is 0.231 e. The number of aliphatic hydroxyl groups is 3. The van der Waals surface area contributed by atoms with Gasteiger partial charge >= 0.3 is 0 Å². The maximum absolute atomic E-state index is 8.61. The van der Waals surface area contributed by atoms with Gasteiger partial charge in [0.1, 0.15) is 20.2 Å². The predicted octanol–water partition coefficient (Wildman–Crippen LogP) is 0.560. The highest BCUT2D eigenvalue weighted by molar-refractivity contribution is 5.41. The van der Waals surface area contributed by atoms with Crippen molar-refractivity contribution in [3.63, 3.8) is 0 Å². The second kappa shape index (κ2) is 16.1. The van der Waals surface area contributed by atoms with Gasteiger partial charge in [-0.25, -0.2) is 0 Å². The highest BCUT2D eigenvalue weighted by Crippen LogP contribution is 2.07. The average molecular weight is 346 g/mol. The summed E-state index contributed by atoms with van der Waals surface area (Å²) in [6.07, 6.45) is 4.91. The number of hydrogen-bond acceptors (Lipinski definition) is 10. The molecule has 24 heavy (non-hydrogen) atoms. The summed E-state index contributed by atoms with van der Waals surface area (Å²) in [5.41, 5.74) is 0. The van der Waals surface area contributed by atoms with Crippen LogP contribution >= 0.6 is 0 Å². The summed E-state index contributed by atoms with van der Waals surface area (Å²) >= 11 is 0. The molecule has 0 amide bonds. The van der Waals surface area contributed by atoms with Crippen molar-refractivity contribution in [2.45, 2.75) is 39.5 Å². The number of nitrogens with one attached hydrogen (secondary N) is 3. The predicted molar refractivity (Wildman–Crippen MR) is 92.6 cm³/mol. The molecule has 1 aromatic rings. The quantitative estimate of drug-likeness (QED) is 0.234. The van der Waals surface area contributed by atoms with Crippen LogP contribution in [0, 0.1) is 0 Å². The summed E-state index contributed by atoms with van der Waals surface area (Å²) in [6, 6.07) is 0. The molecule has 1 heterocycles. The van der Waals surface area contributed by atoms with Crippen molar-refractivity contribution < 1.29 is 20.1 Å². The van der Waals surface area contributed by atoms with Gasteiger partial charge < -0.3 is 36.0 Å². The lowest BCUT2D eigenvalue weighted by atomic mass is 10.3. The van der Waals surface area contributed by atoms with E-state index in [0.29, 0.717) is 0 Å². The lowest BCUT2D eigenvalue weighted by Crippen LogP contribution is -2.13. The minimum Gasteiger partial charge on any atom is -0.381 e. The van der Waals surface area contributed by atoms with E-state index in [1.807, 2.05) is 0 Å². The Morgan fingerprint density at radius 3 is 1.29 bits per heavy atom. The van der Waals surface area contributed by atoms with Crippen LogP contribution < -0.4 is 16.0 Å². The first-order valence-corrected chi connectivity index (χ1v) is 8.09. The number of anilines is 3. The molecule has 0 saturated heterocycles. The molecule has 0 unspecified atom stereocenters. The first kappa shape index (κ1) is 22.2. The number of aliphatic hydroxyl groups excluding tert-OH is 3. The zero-order valence-corrected chi connectivity index (χ0v) is 14.5. The van der Waals surface area contributed by atoms with E-state index in [-0.39, 0.29) is 38.0 Å². The van der Waals surface area contributed by atoms with Crippen molar-refractivity contribution in [3.05, 3.63) is 0 Å². The van der Waals surface area contributed by atoms with Crippen LogP contribution in [0.2, 0.25) is 0 Å². The lowest BCUT2D eigenvalue weighted by molar-refractivity contribution is 0.128.